The third-order valence-electron chi connectivity index (χ3n) is 4.95. The monoisotopic (exact) mass is 407 g/mol. The number of anilines is 1. The predicted octanol–water partition coefficient (Wildman–Crippen LogP) is 5.27. The number of carbonyl (C=O) groups excluding carboxylic acids is 2. The fourth-order valence-corrected chi connectivity index (χ4v) is 3.92. The van der Waals surface area contributed by atoms with E-state index >= 15 is 0 Å². The molecule has 3 amide bonds. The summed E-state index contributed by atoms with van der Waals surface area (Å²) >= 11 is 1.60. The Bertz CT molecular complexity index is 968. The highest BCUT2D eigenvalue weighted by Crippen LogP contribution is 2.28. The first-order valence-corrected chi connectivity index (χ1v) is 10.5. The number of benzene rings is 2. The lowest BCUT2D eigenvalue weighted by molar-refractivity contribution is 0.0943. The lowest BCUT2D eigenvalue weighted by Gasteiger charge is -2.19. The maximum Gasteiger partial charge on any atom is 0.316 e. The molecule has 150 valence electrons. The summed E-state index contributed by atoms with van der Waals surface area (Å²) in [6.45, 7) is 4.38. The van der Waals surface area contributed by atoms with Crippen molar-refractivity contribution < 1.29 is 9.59 Å². The molecule has 5 nitrogen and oxygen atoms in total. The molecule has 0 aliphatic carbocycles. The van der Waals surface area contributed by atoms with E-state index in [1.165, 1.54) is 5.56 Å². The van der Waals surface area contributed by atoms with E-state index in [1.54, 1.807) is 35.6 Å². The molecule has 2 aromatic carbocycles. The Labute approximate surface area is 175 Å². The van der Waals surface area contributed by atoms with E-state index in [9.17, 15) is 9.59 Å². The summed E-state index contributed by atoms with van der Waals surface area (Å²) < 4.78 is 0. The van der Waals surface area contributed by atoms with Gasteiger partial charge in [0.15, 0.2) is 0 Å². The van der Waals surface area contributed by atoms with Gasteiger partial charge in [-0.15, -0.1) is 11.3 Å². The van der Waals surface area contributed by atoms with E-state index in [2.05, 4.69) is 48.7 Å². The first-order chi connectivity index (χ1) is 14.0. The van der Waals surface area contributed by atoms with Gasteiger partial charge >= 0.3 is 6.03 Å². The highest BCUT2D eigenvalue weighted by Gasteiger charge is 2.19. The molecule has 6 heteroatoms. The normalized spacial score (nSPS) is 12.8. The molecule has 0 aliphatic rings. The van der Waals surface area contributed by atoms with Crippen molar-refractivity contribution in [1.82, 2.24) is 5.32 Å². The highest BCUT2D eigenvalue weighted by molar-refractivity contribution is 7.10. The molecule has 0 spiro atoms. The summed E-state index contributed by atoms with van der Waals surface area (Å²) in [7, 11) is 0. The fourth-order valence-electron chi connectivity index (χ4n) is 3.12. The van der Waals surface area contributed by atoms with Gasteiger partial charge in [-0.2, -0.15) is 0 Å². The molecule has 3 rings (SSSR count). The Kier molecular flexibility index (Phi) is 6.67. The van der Waals surface area contributed by atoms with Crippen LogP contribution in [0, 0.1) is 0 Å². The quantitative estimate of drug-likeness (QED) is 0.498. The zero-order valence-corrected chi connectivity index (χ0v) is 17.3. The second-order valence-corrected chi connectivity index (χ2v) is 7.95. The number of urea groups is 1. The Hall–Kier alpha value is -3.12. The van der Waals surface area contributed by atoms with Gasteiger partial charge in [-0.3, -0.25) is 4.79 Å². The number of amides is 3. The fraction of sp³-hybridized carbons (Fsp3) is 0.217. The molecule has 2 atom stereocenters. The summed E-state index contributed by atoms with van der Waals surface area (Å²) in [5, 5.41) is 7.62. The summed E-state index contributed by atoms with van der Waals surface area (Å²) in [5.74, 6) is 0.279. The number of nitrogens with one attached hydrogen (secondary N) is 2. The topological polar surface area (TPSA) is 84.2 Å². The van der Waals surface area contributed by atoms with Crippen LogP contribution in [0.2, 0.25) is 0 Å². The van der Waals surface area contributed by atoms with E-state index in [4.69, 9.17) is 5.73 Å². The number of hydrogen-bond acceptors (Lipinski definition) is 3. The summed E-state index contributed by atoms with van der Waals surface area (Å²) in [4.78, 5) is 25.1. The van der Waals surface area contributed by atoms with Crippen LogP contribution < -0.4 is 16.4 Å². The van der Waals surface area contributed by atoms with Crippen molar-refractivity contribution in [3.8, 4) is 0 Å². The van der Waals surface area contributed by atoms with Gasteiger partial charge in [0.25, 0.3) is 5.91 Å². The van der Waals surface area contributed by atoms with Crippen LogP contribution in [0.15, 0.2) is 66.0 Å². The van der Waals surface area contributed by atoms with Crippen LogP contribution in [-0.2, 0) is 0 Å². The molecule has 0 saturated heterocycles. The number of rotatable bonds is 7. The van der Waals surface area contributed by atoms with E-state index in [0.29, 0.717) is 17.2 Å². The van der Waals surface area contributed by atoms with E-state index in [0.717, 1.165) is 16.9 Å². The Balaban J connectivity index is 1.85. The summed E-state index contributed by atoms with van der Waals surface area (Å²) in [6, 6.07) is 18.2. The van der Waals surface area contributed by atoms with Crippen LogP contribution >= 0.6 is 11.3 Å². The van der Waals surface area contributed by atoms with Gasteiger partial charge in [0.2, 0.25) is 0 Å². The molecule has 0 saturated carbocycles. The van der Waals surface area contributed by atoms with E-state index in [-0.39, 0.29) is 11.9 Å². The van der Waals surface area contributed by atoms with Crippen LogP contribution in [0.1, 0.15) is 58.6 Å². The Morgan fingerprint density at radius 1 is 1.03 bits per heavy atom. The van der Waals surface area contributed by atoms with Crippen molar-refractivity contribution in [1.29, 1.82) is 0 Å². The van der Waals surface area contributed by atoms with Gasteiger partial charge in [0.1, 0.15) is 0 Å². The highest BCUT2D eigenvalue weighted by atomic mass is 32.1. The maximum absolute atomic E-state index is 12.9. The lowest BCUT2D eigenvalue weighted by Crippen LogP contribution is -2.29. The first kappa shape index (κ1) is 20.6. The predicted molar refractivity (Wildman–Crippen MR) is 118 cm³/mol. The third kappa shape index (κ3) is 5.23. The minimum Gasteiger partial charge on any atom is -0.351 e. The lowest BCUT2D eigenvalue weighted by atomic mass is 9.95. The molecule has 1 aromatic heterocycles. The molecule has 2 unspecified atom stereocenters. The van der Waals surface area contributed by atoms with Gasteiger partial charge in [-0.1, -0.05) is 50.2 Å². The second-order valence-electron chi connectivity index (χ2n) is 6.97. The summed E-state index contributed by atoms with van der Waals surface area (Å²) in [5.41, 5.74) is 8.42. The van der Waals surface area contributed by atoms with Gasteiger partial charge < -0.3 is 16.4 Å². The van der Waals surface area contributed by atoms with Crippen LogP contribution in [-0.4, -0.2) is 11.9 Å². The van der Waals surface area contributed by atoms with Crippen molar-refractivity contribution >= 4 is 29.0 Å². The van der Waals surface area contributed by atoms with Crippen molar-refractivity contribution in [3.63, 3.8) is 0 Å². The van der Waals surface area contributed by atoms with Gasteiger partial charge in [-0.25, -0.2) is 4.79 Å². The van der Waals surface area contributed by atoms with Crippen molar-refractivity contribution in [3.05, 3.63) is 87.6 Å². The molecule has 1 heterocycles. The van der Waals surface area contributed by atoms with Crippen LogP contribution in [0.3, 0.4) is 0 Å². The molecule has 3 aromatic rings. The average Bonchev–Trinajstić information content (AvgIpc) is 3.25. The molecule has 4 N–H and O–H groups in total. The van der Waals surface area contributed by atoms with Crippen LogP contribution in [0.25, 0.3) is 0 Å². The number of primary amides is 1. The number of thiophene rings is 1. The maximum atomic E-state index is 12.9. The zero-order valence-electron chi connectivity index (χ0n) is 16.5. The Morgan fingerprint density at radius 2 is 1.76 bits per heavy atom. The number of carbonyl (C=O) groups is 2. The van der Waals surface area contributed by atoms with Crippen molar-refractivity contribution in [2.24, 2.45) is 5.73 Å². The van der Waals surface area contributed by atoms with Gasteiger partial charge in [0, 0.05) is 16.1 Å². The molecule has 0 fully saturated rings. The van der Waals surface area contributed by atoms with Crippen molar-refractivity contribution in [2.75, 3.05) is 5.32 Å². The van der Waals surface area contributed by atoms with Crippen LogP contribution in [0.4, 0.5) is 10.5 Å². The largest absolute Gasteiger partial charge is 0.351 e. The second kappa shape index (κ2) is 9.39. The van der Waals surface area contributed by atoms with E-state index < -0.39 is 6.03 Å². The molecule has 0 bridgehead atoms. The molecular formula is C23H25N3O2S. The zero-order chi connectivity index (χ0) is 20.8. The number of hydrogen-bond donors (Lipinski definition) is 3. The van der Waals surface area contributed by atoms with Gasteiger partial charge in [0.05, 0.1) is 6.04 Å². The molecule has 0 aliphatic heterocycles. The van der Waals surface area contributed by atoms with Crippen LogP contribution in [0.5, 0.6) is 0 Å². The average molecular weight is 408 g/mol. The smallest absolute Gasteiger partial charge is 0.316 e. The van der Waals surface area contributed by atoms with Crippen molar-refractivity contribution in [2.45, 2.75) is 32.2 Å². The molecule has 0 radical (unpaired) electrons. The minimum atomic E-state index is -0.666. The third-order valence-corrected chi connectivity index (χ3v) is 5.88. The standard InChI is InChI=1S/C23H25N3O2S/c1-3-15(2)16-9-11-17(12-10-16)21(20-8-5-13-29-20)26-22(27)18-6-4-7-19(14-18)25-23(24)28/h4-15,21H,3H2,1-2H3,(H,26,27)(H3,24,25,28). The molecule has 29 heavy (non-hydrogen) atoms. The SMILES string of the molecule is CCC(C)c1ccc(C(NC(=O)c2cccc(NC(N)=O)c2)c2cccs2)cc1. The Morgan fingerprint density at radius 3 is 2.38 bits per heavy atom. The van der Waals surface area contributed by atoms with Gasteiger partial charge in [-0.05, 0) is 53.1 Å². The van der Waals surface area contributed by atoms with E-state index in [1.807, 2.05) is 17.5 Å². The summed E-state index contributed by atoms with van der Waals surface area (Å²) in [6.07, 6.45) is 1.08. The first-order valence-electron chi connectivity index (χ1n) is 9.58. The molecular weight excluding hydrogens is 382 g/mol. The number of nitrogens with two attached hydrogens (primary N) is 1. The minimum absolute atomic E-state index is 0.220.